The number of aromatic nitrogens is 1. The van der Waals surface area contributed by atoms with Gasteiger partial charge in [0.25, 0.3) is 0 Å². The van der Waals surface area contributed by atoms with Crippen LogP contribution in [0, 0.1) is 6.92 Å². The van der Waals surface area contributed by atoms with E-state index in [0.717, 1.165) is 25.8 Å². The summed E-state index contributed by atoms with van der Waals surface area (Å²) in [5.41, 5.74) is 11.9. The molecular formula is C31H45N3. The molecule has 3 N–H and O–H groups in total. The van der Waals surface area contributed by atoms with Crippen molar-refractivity contribution in [3.8, 4) is 0 Å². The molecule has 1 heterocycles. The molecule has 0 amide bonds. The van der Waals surface area contributed by atoms with Gasteiger partial charge in [-0.1, -0.05) is 74.7 Å². The van der Waals surface area contributed by atoms with Crippen molar-refractivity contribution in [2.75, 3.05) is 6.54 Å². The van der Waals surface area contributed by atoms with Crippen molar-refractivity contribution in [1.29, 1.82) is 0 Å². The number of hydrogen-bond donors (Lipinski definition) is 2. The molecule has 1 atom stereocenters. The van der Waals surface area contributed by atoms with E-state index in [1.54, 1.807) is 0 Å². The van der Waals surface area contributed by atoms with Gasteiger partial charge in [-0.2, -0.15) is 0 Å². The van der Waals surface area contributed by atoms with Gasteiger partial charge in [0.05, 0.1) is 0 Å². The number of nitrogens with zero attached hydrogens (tertiary/aromatic N) is 1. The van der Waals surface area contributed by atoms with E-state index in [9.17, 15) is 0 Å². The van der Waals surface area contributed by atoms with Gasteiger partial charge in [-0.15, -0.1) is 0 Å². The number of para-hydroxylation sites is 1. The number of nitrogens with one attached hydrogen (secondary N) is 1. The van der Waals surface area contributed by atoms with Crippen LogP contribution in [0.2, 0.25) is 0 Å². The zero-order valence-electron chi connectivity index (χ0n) is 20.3. The maximum Gasteiger partial charge on any atom is 0.0485 e. The molecule has 3 heteroatoms. The Morgan fingerprint density at radius 3 is 2.47 bits per heavy atom. The summed E-state index contributed by atoms with van der Waals surface area (Å²) >= 11 is 0. The minimum absolute atomic E-state index is 0. The lowest BCUT2D eigenvalue weighted by Crippen LogP contribution is -2.38. The highest BCUT2D eigenvalue weighted by molar-refractivity contribution is 5.85. The molecule has 3 nitrogen and oxygen atoms in total. The number of hydrogen-bond acceptors (Lipinski definition) is 2. The predicted molar refractivity (Wildman–Crippen MR) is 147 cm³/mol. The summed E-state index contributed by atoms with van der Waals surface area (Å²) in [7, 11) is 0. The van der Waals surface area contributed by atoms with Crippen molar-refractivity contribution >= 4 is 10.9 Å². The van der Waals surface area contributed by atoms with Gasteiger partial charge in [-0.3, -0.25) is 0 Å². The van der Waals surface area contributed by atoms with Crippen LogP contribution in [-0.4, -0.2) is 23.2 Å². The smallest absolute Gasteiger partial charge is 0.0485 e. The van der Waals surface area contributed by atoms with Crippen LogP contribution in [0.4, 0.5) is 0 Å². The van der Waals surface area contributed by atoms with Crippen LogP contribution in [0.1, 0.15) is 100 Å². The SMILES string of the molecule is C.Cc1cccc(C(CCNC2CCC(N)CC2)c2cn(C3CCCCC3)c3ccccc23)c1. The van der Waals surface area contributed by atoms with Gasteiger partial charge in [0.2, 0.25) is 0 Å². The molecule has 2 aromatic carbocycles. The van der Waals surface area contributed by atoms with Crippen LogP contribution < -0.4 is 11.1 Å². The van der Waals surface area contributed by atoms with Gasteiger partial charge >= 0.3 is 0 Å². The molecule has 184 valence electrons. The van der Waals surface area contributed by atoms with Crippen molar-refractivity contribution in [2.24, 2.45) is 5.73 Å². The second-order valence-electron chi connectivity index (χ2n) is 10.6. The summed E-state index contributed by atoms with van der Waals surface area (Å²) in [5, 5.41) is 5.33. The predicted octanol–water partition coefficient (Wildman–Crippen LogP) is 7.47. The van der Waals surface area contributed by atoms with Crippen LogP contribution in [-0.2, 0) is 0 Å². The third-order valence-electron chi connectivity index (χ3n) is 8.20. The molecule has 0 spiro atoms. The van der Waals surface area contributed by atoms with E-state index in [0.29, 0.717) is 24.0 Å². The second kappa shape index (κ2) is 11.6. The fraction of sp³-hybridized carbons (Fsp3) is 0.548. The molecule has 0 radical (unpaired) electrons. The topological polar surface area (TPSA) is 43.0 Å². The molecule has 5 rings (SSSR count). The van der Waals surface area contributed by atoms with Crippen molar-refractivity contribution < 1.29 is 0 Å². The minimum atomic E-state index is 0. The number of nitrogens with two attached hydrogens (primary N) is 1. The van der Waals surface area contributed by atoms with Gasteiger partial charge in [0.15, 0.2) is 0 Å². The maximum atomic E-state index is 6.13. The second-order valence-corrected chi connectivity index (χ2v) is 10.6. The summed E-state index contributed by atoms with van der Waals surface area (Å²) < 4.78 is 2.63. The summed E-state index contributed by atoms with van der Waals surface area (Å²) in [6, 6.07) is 20.0. The first kappa shape index (κ1) is 25.0. The third-order valence-corrected chi connectivity index (χ3v) is 8.20. The zero-order chi connectivity index (χ0) is 22.6. The van der Waals surface area contributed by atoms with Crippen molar-refractivity contribution in [3.63, 3.8) is 0 Å². The lowest BCUT2D eigenvalue weighted by molar-refractivity contribution is 0.340. The van der Waals surface area contributed by atoms with Crippen molar-refractivity contribution in [3.05, 3.63) is 71.4 Å². The molecular weight excluding hydrogens is 414 g/mol. The number of aryl methyl sites for hydroxylation is 1. The van der Waals surface area contributed by atoms with Crippen molar-refractivity contribution in [2.45, 2.75) is 103 Å². The first-order valence-electron chi connectivity index (χ1n) is 13.3. The molecule has 2 aliphatic carbocycles. The van der Waals surface area contributed by atoms with Crippen LogP contribution >= 0.6 is 0 Å². The molecule has 2 saturated carbocycles. The highest BCUT2D eigenvalue weighted by Gasteiger charge is 2.24. The molecule has 2 fully saturated rings. The summed E-state index contributed by atoms with van der Waals surface area (Å²) in [6.07, 6.45) is 15.2. The van der Waals surface area contributed by atoms with Crippen molar-refractivity contribution in [1.82, 2.24) is 9.88 Å². The van der Waals surface area contributed by atoms with E-state index in [1.165, 1.54) is 72.5 Å². The number of rotatable bonds is 7. The van der Waals surface area contributed by atoms with Crippen LogP contribution in [0.15, 0.2) is 54.7 Å². The zero-order valence-corrected chi connectivity index (χ0v) is 20.3. The first-order valence-corrected chi connectivity index (χ1v) is 13.3. The molecule has 3 aromatic rings. The van der Waals surface area contributed by atoms with E-state index in [1.807, 2.05) is 0 Å². The van der Waals surface area contributed by atoms with E-state index < -0.39 is 0 Å². The monoisotopic (exact) mass is 459 g/mol. The highest BCUT2D eigenvalue weighted by atomic mass is 15.0. The van der Waals surface area contributed by atoms with E-state index in [4.69, 9.17) is 5.73 Å². The Balaban J connectivity index is 0.00000274. The third kappa shape index (κ3) is 5.58. The van der Waals surface area contributed by atoms with Gasteiger partial charge in [-0.25, -0.2) is 0 Å². The average molecular weight is 460 g/mol. The molecule has 0 bridgehead atoms. The molecule has 2 aliphatic rings. The van der Waals surface area contributed by atoms with E-state index in [2.05, 4.69) is 71.5 Å². The summed E-state index contributed by atoms with van der Waals surface area (Å²) in [6.45, 7) is 3.27. The van der Waals surface area contributed by atoms with Crippen LogP contribution in [0.3, 0.4) is 0 Å². The standard InChI is InChI=1S/C30H41N3.CH4/c1-22-8-7-9-23(20-22)27(18-19-32-25-16-14-24(31)15-17-25)29-21-33(26-10-3-2-4-11-26)30-13-6-5-12-28(29)30;/h5-9,12-13,20-21,24-27,32H,2-4,10-11,14-19,31H2,1H3;1H4. The fourth-order valence-electron chi connectivity index (χ4n) is 6.31. The van der Waals surface area contributed by atoms with Gasteiger partial charge < -0.3 is 15.6 Å². The van der Waals surface area contributed by atoms with Gasteiger partial charge in [0.1, 0.15) is 0 Å². The summed E-state index contributed by atoms with van der Waals surface area (Å²) in [5.74, 6) is 0.415. The highest BCUT2D eigenvalue weighted by Crippen LogP contribution is 2.39. The molecule has 34 heavy (non-hydrogen) atoms. The van der Waals surface area contributed by atoms with E-state index in [-0.39, 0.29) is 7.43 Å². The lowest BCUT2D eigenvalue weighted by atomic mass is 9.87. The Bertz CT molecular complexity index is 1040. The minimum Gasteiger partial charge on any atom is -0.344 e. The Morgan fingerprint density at radius 1 is 0.941 bits per heavy atom. The van der Waals surface area contributed by atoms with Crippen LogP contribution in [0.25, 0.3) is 10.9 Å². The first-order chi connectivity index (χ1) is 16.2. The quantitative estimate of drug-likeness (QED) is 0.385. The molecule has 1 aromatic heterocycles. The number of fused-ring (bicyclic) bond motifs is 1. The molecule has 0 saturated heterocycles. The van der Waals surface area contributed by atoms with Crippen LogP contribution in [0.5, 0.6) is 0 Å². The lowest BCUT2D eigenvalue weighted by Gasteiger charge is -2.28. The van der Waals surface area contributed by atoms with Gasteiger partial charge in [0, 0.05) is 41.1 Å². The Kier molecular flexibility index (Phi) is 8.50. The number of benzene rings is 2. The fourth-order valence-corrected chi connectivity index (χ4v) is 6.31. The van der Waals surface area contributed by atoms with E-state index >= 15 is 0 Å². The normalized spacial score (nSPS) is 22.4. The maximum absolute atomic E-state index is 6.13. The largest absolute Gasteiger partial charge is 0.344 e. The Hall–Kier alpha value is -2.10. The Labute approximate surface area is 207 Å². The molecule has 1 unspecified atom stereocenters. The average Bonchev–Trinajstić information content (AvgIpc) is 3.23. The summed E-state index contributed by atoms with van der Waals surface area (Å²) in [4.78, 5) is 0. The van der Waals surface area contributed by atoms with Gasteiger partial charge in [-0.05, 0) is 75.6 Å². The molecule has 0 aliphatic heterocycles. The Morgan fingerprint density at radius 2 is 1.71 bits per heavy atom.